The van der Waals surface area contributed by atoms with E-state index in [1.165, 1.54) is 25.7 Å². The van der Waals surface area contributed by atoms with E-state index in [4.69, 9.17) is 4.74 Å². The number of rotatable bonds is 4. The molecule has 4 heteroatoms. The molecule has 1 aliphatic heterocycles. The summed E-state index contributed by atoms with van der Waals surface area (Å²) < 4.78 is 5.54. The molecule has 0 bridgehead atoms. The van der Waals surface area contributed by atoms with E-state index >= 15 is 0 Å². The van der Waals surface area contributed by atoms with Crippen LogP contribution < -0.4 is 5.32 Å². The SMILES string of the molecule is CCC1CSC(=NCC2(OC)CCC2)N1. The minimum Gasteiger partial charge on any atom is -0.376 e. The van der Waals surface area contributed by atoms with Crippen LogP contribution >= 0.6 is 11.8 Å². The first kappa shape index (κ1) is 11.3. The Morgan fingerprint density at radius 2 is 2.40 bits per heavy atom. The Kier molecular flexibility index (Phi) is 3.57. The number of thioether (sulfide) groups is 1. The van der Waals surface area contributed by atoms with Crippen LogP contribution in [-0.4, -0.2) is 36.2 Å². The van der Waals surface area contributed by atoms with Gasteiger partial charge in [-0.3, -0.25) is 4.99 Å². The lowest BCUT2D eigenvalue weighted by atomic mass is 9.80. The zero-order valence-electron chi connectivity index (χ0n) is 9.58. The number of amidine groups is 1. The van der Waals surface area contributed by atoms with E-state index < -0.39 is 0 Å². The van der Waals surface area contributed by atoms with Gasteiger partial charge in [-0.2, -0.15) is 0 Å². The summed E-state index contributed by atoms with van der Waals surface area (Å²) in [5, 5.41) is 4.56. The van der Waals surface area contributed by atoms with E-state index in [0.29, 0.717) is 6.04 Å². The highest BCUT2D eigenvalue weighted by atomic mass is 32.2. The largest absolute Gasteiger partial charge is 0.376 e. The van der Waals surface area contributed by atoms with Gasteiger partial charge in [0.2, 0.25) is 0 Å². The molecular weight excluding hydrogens is 208 g/mol. The minimum atomic E-state index is 0.0690. The maximum atomic E-state index is 5.54. The summed E-state index contributed by atoms with van der Waals surface area (Å²) >= 11 is 1.84. The molecule has 0 radical (unpaired) electrons. The number of hydrogen-bond acceptors (Lipinski definition) is 3. The van der Waals surface area contributed by atoms with Gasteiger partial charge in [0, 0.05) is 18.9 Å². The molecule has 1 unspecified atom stereocenters. The van der Waals surface area contributed by atoms with Gasteiger partial charge in [0.05, 0.1) is 12.1 Å². The fourth-order valence-electron chi connectivity index (χ4n) is 1.96. The lowest BCUT2D eigenvalue weighted by Crippen LogP contribution is -2.42. The summed E-state index contributed by atoms with van der Waals surface area (Å²) in [6, 6.07) is 0.619. The topological polar surface area (TPSA) is 33.6 Å². The first-order valence-electron chi connectivity index (χ1n) is 5.77. The van der Waals surface area contributed by atoms with Crippen LogP contribution in [0.4, 0.5) is 0 Å². The second-order valence-electron chi connectivity index (χ2n) is 4.42. The molecule has 86 valence electrons. The molecule has 1 aliphatic carbocycles. The average Bonchev–Trinajstić information content (AvgIpc) is 2.65. The van der Waals surface area contributed by atoms with Crippen molar-refractivity contribution in [1.82, 2.24) is 5.32 Å². The zero-order valence-corrected chi connectivity index (χ0v) is 10.4. The molecule has 0 amide bonds. The van der Waals surface area contributed by atoms with Crippen LogP contribution in [0.15, 0.2) is 4.99 Å². The standard InChI is InChI=1S/C11H20N2OS/c1-3-9-7-15-10(13-9)12-8-11(14-2)5-4-6-11/h9H,3-8H2,1-2H3,(H,12,13). The van der Waals surface area contributed by atoms with Gasteiger partial charge >= 0.3 is 0 Å². The van der Waals surface area contributed by atoms with E-state index in [-0.39, 0.29) is 5.60 Å². The molecule has 3 nitrogen and oxygen atoms in total. The molecule has 0 aromatic rings. The Hall–Kier alpha value is -0.220. The van der Waals surface area contributed by atoms with E-state index in [9.17, 15) is 0 Å². The van der Waals surface area contributed by atoms with Gasteiger partial charge in [0.15, 0.2) is 5.17 Å². The fraction of sp³-hybridized carbons (Fsp3) is 0.909. The van der Waals surface area contributed by atoms with Gasteiger partial charge in [0.25, 0.3) is 0 Å². The molecule has 2 fully saturated rings. The quantitative estimate of drug-likeness (QED) is 0.799. The van der Waals surface area contributed by atoms with Crippen LogP contribution in [0.1, 0.15) is 32.6 Å². The molecule has 15 heavy (non-hydrogen) atoms. The number of ether oxygens (including phenoxy) is 1. The highest BCUT2D eigenvalue weighted by Gasteiger charge is 2.37. The van der Waals surface area contributed by atoms with E-state index in [2.05, 4.69) is 17.2 Å². The maximum absolute atomic E-state index is 5.54. The first-order valence-corrected chi connectivity index (χ1v) is 6.75. The Morgan fingerprint density at radius 1 is 1.60 bits per heavy atom. The van der Waals surface area contributed by atoms with Crippen molar-refractivity contribution >= 4 is 16.9 Å². The summed E-state index contributed by atoms with van der Waals surface area (Å²) in [6.45, 7) is 3.04. The van der Waals surface area contributed by atoms with Crippen molar-refractivity contribution in [3.8, 4) is 0 Å². The smallest absolute Gasteiger partial charge is 0.156 e. The maximum Gasteiger partial charge on any atom is 0.156 e. The van der Waals surface area contributed by atoms with Gasteiger partial charge in [-0.25, -0.2) is 0 Å². The van der Waals surface area contributed by atoms with E-state index in [0.717, 1.165) is 17.5 Å². The number of methoxy groups -OCH3 is 1. The highest BCUT2D eigenvalue weighted by Crippen LogP contribution is 2.35. The number of aliphatic imine (C=N–C) groups is 1. The predicted molar refractivity (Wildman–Crippen MR) is 65.6 cm³/mol. The van der Waals surface area contributed by atoms with Crippen molar-refractivity contribution in [3.05, 3.63) is 0 Å². The molecular formula is C11H20N2OS. The first-order chi connectivity index (χ1) is 7.28. The molecule has 1 saturated heterocycles. The molecule has 0 aromatic heterocycles. The molecule has 1 heterocycles. The predicted octanol–water partition coefficient (Wildman–Crippen LogP) is 2.03. The number of nitrogens with zero attached hydrogens (tertiary/aromatic N) is 1. The van der Waals surface area contributed by atoms with Crippen LogP contribution in [-0.2, 0) is 4.74 Å². The van der Waals surface area contributed by atoms with Crippen LogP contribution in [0.3, 0.4) is 0 Å². The van der Waals surface area contributed by atoms with Gasteiger partial charge < -0.3 is 10.1 Å². The second-order valence-corrected chi connectivity index (χ2v) is 5.43. The van der Waals surface area contributed by atoms with Crippen molar-refractivity contribution in [3.63, 3.8) is 0 Å². The highest BCUT2D eigenvalue weighted by molar-refractivity contribution is 8.14. The summed E-state index contributed by atoms with van der Waals surface area (Å²) in [7, 11) is 1.81. The monoisotopic (exact) mass is 228 g/mol. The Morgan fingerprint density at radius 3 is 2.87 bits per heavy atom. The third-order valence-electron chi connectivity index (χ3n) is 3.45. The van der Waals surface area contributed by atoms with Crippen LogP contribution in [0.2, 0.25) is 0 Å². The molecule has 2 rings (SSSR count). The molecule has 0 spiro atoms. The molecule has 1 N–H and O–H groups in total. The molecule has 1 saturated carbocycles. The summed E-state index contributed by atoms with van der Waals surface area (Å²) in [5.41, 5.74) is 0.0690. The lowest BCUT2D eigenvalue weighted by molar-refractivity contribution is -0.0629. The summed E-state index contributed by atoms with van der Waals surface area (Å²) in [6.07, 6.45) is 4.81. The van der Waals surface area contributed by atoms with Crippen molar-refractivity contribution in [2.24, 2.45) is 4.99 Å². The fourth-order valence-corrected chi connectivity index (χ4v) is 3.05. The lowest BCUT2D eigenvalue weighted by Gasteiger charge is -2.39. The van der Waals surface area contributed by atoms with Crippen molar-refractivity contribution in [2.75, 3.05) is 19.4 Å². The molecule has 1 atom stereocenters. The van der Waals surface area contributed by atoms with Crippen LogP contribution in [0.25, 0.3) is 0 Å². The zero-order chi connectivity index (χ0) is 10.7. The molecule has 0 aromatic carbocycles. The van der Waals surface area contributed by atoms with Gasteiger partial charge in [-0.05, 0) is 25.7 Å². The summed E-state index contributed by atoms with van der Waals surface area (Å²) in [5.74, 6) is 1.16. The second kappa shape index (κ2) is 4.74. The summed E-state index contributed by atoms with van der Waals surface area (Å²) in [4.78, 5) is 4.63. The van der Waals surface area contributed by atoms with Crippen LogP contribution in [0, 0.1) is 0 Å². The third kappa shape index (κ3) is 2.48. The average molecular weight is 228 g/mol. The van der Waals surface area contributed by atoms with E-state index in [1.54, 1.807) is 0 Å². The Balaban J connectivity index is 1.83. The molecule has 2 aliphatic rings. The normalized spacial score (nSPS) is 31.3. The van der Waals surface area contributed by atoms with Crippen molar-refractivity contribution in [1.29, 1.82) is 0 Å². The third-order valence-corrected chi connectivity index (χ3v) is 4.54. The number of hydrogen-bond donors (Lipinski definition) is 1. The van der Waals surface area contributed by atoms with E-state index in [1.807, 2.05) is 18.9 Å². The number of nitrogens with one attached hydrogen (secondary N) is 1. The van der Waals surface area contributed by atoms with Gasteiger partial charge in [-0.15, -0.1) is 0 Å². The Labute approximate surface area is 96.1 Å². The van der Waals surface area contributed by atoms with Gasteiger partial charge in [0.1, 0.15) is 0 Å². The van der Waals surface area contributed by atoms with Crippen molar-refractivity contribution in [2.45, 2.75) is 44.2 Å². The van der Waals surface area contributed by atoms with Crippen LogP contribution in [0.5, 0.6) is 0 Å². The van der Waals surface area contributed by atoms with Gasteiger partial charge in [-0.1, -0.05) is 18.7 Å². The van der Waals surface area contributed by atoms with Crippen molar-refractivity contribution < 1.29 is 4.74 Å². The minimum absolute atomic E-state index is 0.0690. The Bertz CT molecular complexity index is 245.